The van der Waals surface area contributed by atoms with E-state index < -0.39 is 0 Å². The molecule has 1 aliphatic carbocycles. The lowest BCUT2D eigenvalue weighted by molar-refractivity contribution is 0.0983. The van der Waals surface area contributed by atoms with Crippen LogP contribution in [0.25, 0.3) is 0 Å². The molecular weight excluding hydrogens is 136 g/mol. The fourth-order valence-corrected chi connectivity index (χ4v) is 1.93. The van der Waals surface area contributed by atoms with E-state index in [1.807, 2.05) is 7.11 Å². The van der Waals surface area contributed by atoms with Crippen molar-refractivity contribution in [2.75, 3.05) is 7.11 Å². The summed E-state index contributed by atoms with van der Waals surface area (Å²) in [7, 11) is 1.82. The predicted molar refractivity (Wildman–Crippen MR) is 47.6 cm³/mol. The summed E-state index contributed by atoms with van der Waals surface area (Å²) in [5.74, 6) is 0. The van der Waals surface area contributed by atoms with Gasteiger partial charge in [0.2, 0.25) is 0 Å². The molecule has 0 aliphatic heterocycles. The molecule has 1 heteroatoms. The maximum Gasteiger partial charge on any atom is 0.0582 e. The smallest absolute Gasteiger partial charge is 0.0582 e. The molecule has 1 aliphatic rings. The van der Waals surface area contributed by atoms with Gasteiger partial charge in [0.05, 0.1) is 6.10 Å². The molecular formula is C10H20O. The highest BCUT2D eigenvalue weighted by molar-refractivity contribution is 4.96. The molecule has 0 spiro atoms. The Labute approximate surface area is 70.1 Å². The Kier molecular flexibility index (Phi) is 2.04. The minimum Gasteiger partial charge on any atom is -0.381 e. The van der Waals surface area contributed by atoms with E-state index in [2.05, 4.69) is 27.7 Å². The van der Waals surface area contributed by atoms with Crippen LogP contribution in [0.2, 0.25) is 0 Å². The molecule has 0 aromatic heterocycles. The Bertz CT molecular complexity index is 131. The van der Waals surface area contributed by atoms with Crippen molar-refractivity contribution in [3.8, 4) is 0 Å². The van der Waals surface area contributed by atoms with Gasteiger partial charge >= 0.3 is 0 Å². The summed E-state index contributed by atoms with van der Waals surface area (Å²) in [4.78, 5) is 0. The number of hydrogen-bond donors (Lipinski definition) is 0. The quantitative estimate of drug-likeness (QED) is 0.567. The second kappa shape index (κ2) is 2.48. The summed E-state index contributed by atoms with van der Waals surface area (Å²) in [6.07, 6.45) is 2.90. The number of methoxy groups -OCH3 is 1. The summed E-state index contributed by atoms with van der Waals surface area (Å²) in [6.45, 7) is 9.36. The first-order chi connectivity index (χ1) is 4.89. The van der Waals surface area contributed by atoms with Gasteiger partial charge < -0.3 is 4.74 Å². The standard InChI is InChI=1S/C10H20O/c1-9(2)6-8(11-5)7-10(9,3)4/h8H,6-7H2,1-5H3. The van der Waals surface area contributed by atoms with Crippen molar-refractivity contribution >= 4 is 0 Å². The normalized spacial score (nSPS) is 29.2. The third-order valence-electron chi connectivity index (χ3n) is 3.64. The molecule has 1 fully saturated rings. The molecule has 1 saturated carbocycles. The average molecular weight is 156 g/mol. The lowest BCUT2D eigenvalue weighted by Gasteiger charge is -2.34. The maximum atomic E-state index is 5.38. The van der Waals surface area contributed by atoms with Crippen molar-refractivity contribution < 1.29 is 4.74 Å². The van der Waals surface area contributed by atoms with Crippen molar-refractivity contribution in [3.05, 3.63) is 0 Å². The summed E-state index contributed by atoms with van der Waals surface area (Å²) >= 11 is 0. The Morgan fingerprint density at radius 1 is 1.00 bits per heavy atom. The minimum atomic E-state index is 0.438. The fourth-order valence-electron chi connectivity index (χ4n) is 1.93. The second-order valence-electron chi connectivity index (χ2n) is 5.03. The highest BCUT2D eigenvalue weighted by Crippen LogP contribution is 2.52. The van der Waals surface area contributed by atoms with Gasteiger partial charge in [-0.25, -0.2) is 0 Å². The molecule has 1 rings (SSSR count). The Hall–Kier alpha value is -0.0400. The first kappa shape index (κ1) is 9.05. The van der Waals surface area contributed by atoms with Crippen molar-refractivity contribution in [1.82, 2.24) is 0 Å². The van der Waals surface area contributed by atoms with Crippen LogP contribution in [0.1, 0.15) is 40.5 Å². The van der Waals surface area contributed by atoms with Crippen LogP contribution in [0.3, 0.4) is 0 Å². The van der Waals surface area contributed by atoms with Gasteiger partial charge in [-0.1, -0.05) is 27.7 Å². The zero-order valence-corrected chi connectivity index (χ0v) is 8.40. The number of ether oxygens (including phenoxy) is 1. The van der Waals surface area contributed by atoms with Crippen LogP contribution in [-0.4, -0.2) is 13.2 Å². The topological polar surface area (TPSA) is 9.23 Å². The van der Waals surface area contributed by atoms with E-state index in [1.165, 1.54) is 12.8 Å². The van der Waals surface area contributed by atoms with Crippen LogP contribution in [0.4, 0.5) is 0 Å². The van der Waals surface area contributed by atoms with E-state index in [0.29, 0.717) is 16.9 Å². The van der Waals surface area contributed by atoms with Gasteiger partial charge in [-0.2, -0.15) is 0 Å². The third-order valence-corrected chi connectivity index (χ3v) is 3.64. The highest BCUT2D eigenvalue weighted by Gasteiger charge is 2.46. The molecule has 66 valence electrons. The fraction of sp³-hybridized carbons (Fsp3) is 1.00. The van der Waals surface area contributed by atoms with E-state index in [1.54, 1.807) is 0 Å². The van der Waals surface area contributed by atoms with Crippen molar-refractivity contribution in [1.29, 1.82) is 0 Å². The molecule has 0 saturated heterocycles. The molecule has 0 aromatic rings. The molecule has 0 heterocycles. The van der Waals surface area contributed by atoms with Crippen molar-refractivity contribution in [2.45, 2.75) is 46.6 Å². The zero-order chi connectivity index (χ0) is 8.70. The van der Waals surface area contributed by atoms with Gasteiger partial charge in [-0.05, 0) is 23.7 Å². The van der Waals surface area contributed by atoms with Crippen LogP contribution in [0.5, 0.6) is 0 Å². The van der Waals surface area contributed by atoms with E-state index in [0.717, 1.165) is 0 Å². The van der Waals surface area contributed by atoms with Crippen molar-refractivity contribution in [2.24, 2.45) is 10.8 Å². The Balaban J connectivity index is 2.72. The van der Waals surface area contributed by atoms with Crippen LogP contribution >= 0.6 is 0 Å². The zero-order valence-electron chi connectivity index (χ0n) is 8.40. The first-order valence-electron chi connectivity index (χ1n) is 4.42. The van der Waals surface area contributed by atoms with Crippen LogP contribution in [0.15, 0.2) is 0 Å². The van der Waals surface area contributed by atoms with Gasteiger partial charge in [0.1, 0.15) is 0 Å². The van der Waals surface area contributed by atoms with Crippen LogP contribution < -0.4 is 0 Å². The lowest BCUT2D eigenvalue weighted by atomic mass is 9.71. The maximum absolute atomic E-state index is 5.38. The number of hydrogen-bond acceptors (Lipinski definition) is 1. The molecule has 0 atom stereocenters. The molecule has 11 heavy (non-hydrogen) atoms. The third kappa shape index (κ3) is 1.44. The molecule has 0 bridgehead atoms. The summed E-state index contributed by atoms with van der Waals surface area (Å²) in [6, 6.07) is 0. The van der Waals surface area contributed by atoms with Gasteiger partial charge in [-0.15, -0.1) is 0 Å². The average Bonchev–Trinajstić information content (AvgIpc) is 2.03. The minimum absolute atomic E-state index is 0.438. The summed E-state index contributed by atoms with van der Waals surface area (Å²) in [5.41, 5.74) is 0.876. The van der Waals surface area contributed by atoms with Crippen molar-refractivity contribution in [3.63, 3.8) is 0 Å². The molecule has 1 nitrogen and oxygen atoms in total. The van der Waals surface area contributed by atoms with E-state index in [9.17, 15) is 0 Å². The summed E-state index contributed by atoms with van der Waals surface area (Å²) < 4.78 is 5.38. The van der Waals surface area contributed by atoms with E-state index in [-0.39, 0.29) is 0 Å². The molecule has 0 radical (unpaired) electrons. The predicted octanol–water partition coefficient (Wildman–Crippen LogP) is 2.85. The second-order valence-corrected chi connectivity index (χ2v) is 5.03. The van der Waals surface area contributed by atoms with Gasteiger partial charge in [0.25, 0.3) is 0 Å². The van der Waals surface area contributed by atoms with Crippen LogP contribution in [0, 0.1) is 10.8 Å². The van der Waals surface area contributed by atoms with E-state index >= 15 is 0 Å². The summed E-state index contributed by atoms with van der Waals surface area (Å²) in [5, 5.41) is 0. The monoisotopic (exact) mass is 156 g/mol. The van der Waals surface area contributed by atoms with Gasteiger partial charge in [0.15, 0.2) is 0 Å². The van der Waals surface area contributed by atoms with Crippen LogP contribution in [-0.2, 0) is 4.74 Å². The van der Waals surface area contributed by atoms with Gasteiger partial charge in [-0.3, -0.25) is 0 Å². The molecule has 0 N–H and O–H groups in total. The number of rotatable bonds is 1. The first-order valence-corrected chi connectivity index (χ1v) is 4.42. The molecule has 0 unspecified atom stereocenters. The lowest BCUT2D eigenvalue weighted by Crippen LogP contribution is -2.25. The molecule has 0 amide bonds. The van der Waals surface area contributed by atoms with E-state index in [4.69, 9.17) is 4.74 Å². The Morgan fingerprint density at radius 2 is 1.36 bits per heavy atom. The SMILES string of the molecule is COC1CC(C)(C)C(C)(C)C1. The molecule has 0 aromatic carbocycles. The van der Waals surface area contributed by atoms with Gasteiger partial charge in [0, 0.05) is 7.11 Å². The Morgan fingerprint density at radius 3 is 1.55 bits per heavy atom. The highest BCUT2D eigenvalue weighted by atomic mass is 16.5. The largest absolute Gasteiger partial charge is 0.381 e.